The summed E-state index contributed by atoms with van der Waals surface area (Å²) in [6.45, 7) is 3.27. The quantitative estimate of drug-likeness (QED) is 0.767. The number of carbonyl (C=O) groups excluding carboxylic acids is 2. The van der Waals surface area contributed by atoms with Crippen LogP contribution in [0.2, 0.25) is 0 Å². The molecule has 1 amide bonds. The molecule has 0 aromatic heterocycles. The van der Waals surface area contributed by atoms with Gasteiger partial charge in [0, 0.05) is 12.5 Å². The van der Waals surface area contributed by atoms with Crippen LogP contribution in [0.15, 0.2) is 0 Å². The number of hydrogen-bond donors (Lipinski definition) is 2. The summed E-state index contributed by atoms with van der Waals surface area (Å²) in [5.41, 5.74) is 5.02. The van der Waals surface area contributed by atoms with Crippen molar-refractivity contribution in [1.82, 2.24) is 5.32 Å². The van der Waals surface area contributed by atoms with E-state index in [9.17, 15) is 9.59 Å². The molecule has 112 valence electrons. The predicted molar refractivity (Wildman–Crippen MR) is 76.0 cm³/mol. The fourth-order valence-electron chi connectivity index (χ4n) is 2.43. The smallest absolute Gasteiger partial charge is 0.330 e. The third kappa shape index (κ3) is 5.37. The van der Waals surface area contributed by atoms with E-state index in [-0.39, 0.29) is 30.3 Å². The molecule has 0 aromatic carbocycles. The van der Waals surface area contributed by atoms with Gasteiger partial charge in [0.1, 0.15) is 5.54 Å². The molecule has 0 aliphatic heterocycles. The van der Waals surface area contributed by atoms with Gasteiger partial charge in [0.05, 0.1) is 7.11 Å². The van der Waals surface area contributed by atoms with E-state index in [2.05, 4.69) is 10.1 Å². The molecule has 1 aliphatic carbocycles. The van der Waals surface area contributed by atoms with Crippen LogP contribution in [0.3, 0.4) is 0 Å². The third-order valence-corrected chi connectivity index (χ3v) is 3.56. The number of carbonyl (C=O) groups is 2. The summed E-state index contributed by atoms with van der Waals surface area (Å²) in [4.78, 5) is 23.4. The Kier molecular flexibility index (Phi) is 7.37. The maximum Gasteiger partial charge on any atom is 0.330 e. The SMILES string of the molecule is COC(=O)C(C)(C)NC(=O)CC1CCCCC1N.Cl. The maximum atomic E-state index is 11.9. The summed E-state index contributed by atoms with van der Waals surface area (Å²) < 4.78 is 4.65. The van der Waals surface area contributed by atoms with Gasteiger partial charge in [-0.05, 0) is 32.6 Å². The first-order valence-electron chi connectivity index (χ1n) is 6.52. The zero-order valence-corrected chi connectivity index (χ0v) is 12.7. The van der Waals surface area contributed by atoms with Crippen molar-refractivity contribution in [3.63, 3.8) is 0 Å². The molecule has 5 nitrogen and oxygen atoms in total. The van der Waals surface area contributed by atoms with Crippen LogP contribution in [0.25, 0.3) is 0 Å². The van der Waals surface area contributed by atoms with E-state index in [0.29, 0.717) is 6.42 Å². The molecule has 0 saturated heterocycles. The summed E-state index contributed by atoms with van der Waals surface area (Å²) in [5, 5.41) is 2.71. The van der Waals surface area contributed by atoms with Gasteiger partial charge in [0.25, 0.3) is 0 Å². The van der Waals surface area contributed by atoms with Gasteiger partial charge in [-0.3, -0.25) is 4.79 Å². The Hall–Kier alpha value is -0.810. The van der Waals surface area contributed by atoms with Crippen LogP contribution in [0.1, 0.15) is 46.0 Å². The van der Waals surface area contributed by atoms with Crippen LogP contribution < -0.4 is 11.1 Å². The number of methoxy groups -OCH3 is 1. The van der Waals surface area contributed by atoms with Crippen molar-refractivity contribution in [2.24, 2.45) is 11.7 Å². The molecule has 1 aliphatic rings. The monoisotopic (exact) mass is 292 g/mol. The second kappa shape index (κ2) is 7.70. The lowest BCUT2D eigenvalue weighted by atomic mass is 9.82. The van der Waals surface area contributed by atoms with E-state index in [4.69, 9.17) is 5.73 Å². The molecule has 1 rings (SSSR count). The molecule has 1 saturated carbocycles. The minimum Gasteiger partial charge on any atom is -0.467 e. The minimum atomic E-state index is -0.982. The summed E-state index contributed by atoms with van der Waals surface area (Å²) in [5.74, 6) is -0.344. The number of esters is 1. The molecule has 0 spiro atoms. The van der Waals surface area contributed by atoms with Crippen molar-refractivity contribution < 1.29 is 14.3 Å². The highest BCUT2D eigenvalue weighted by Crippen LogP contribution is 2.25. The molecule has 2 atom stereocenters. The van der Waals surface area contributed by atoms with E-state index in [1.54, 1.807) is 13.8 Å². The lowest BCUT2D eigenvalue weighted by Gasteiger charge is -2.29. The fraction of sp³-hybridized carbons (Fsp3) is 0.846. The fourth-order valence-corrected chi connectivity index (χ4v) is 2.43. The van der Waals surface area contributed by atoms with Gasteiger partial charge in [0.15, 0.2) is 0 Å². The van der Waals surface area contributed by atoms with Crippen LogP contribution in [-0.2, 0) is 14.3 Å². The molecule has 1 fully saturated rings. The Morgan fingerprint density at radius 3 is 2.42 bits per heavy atom. The molecule has 0 bridgehead atoms. The van der Waals surface area contributed by atoms with Crippen molar-refractivity contribution in [3.8, 4) is 0 Å². The number of rotatable bonds is 4. The highest BCUT2D eigenvalue weighted by molar-refractivity contribution is 5.87. The molecular formula is C13H25ClN2O3. The van der Waals surface area contributed by atoms with Crippen molar-refractivity contribution in [1.29, 1.82) is 0 Å². The van der Waals surface area contributed by atoms with Crippen LogP contribution in [0.5, 0.6) is 0 Å². The number of hydrogen-bond acceptors (Lipinski definition) is 4. The van der Waals surface area contributed by atoms with Gasteiger partial charge in [-0.25, -0.2) is 4.79 Å². The number of amides is 1. The zero-order valence-electron chi connectivity index (χ0n) is 11.9. The first kappa shape index (κ1) is 18.2. The van der Waals surface area contributed by atoms with Crippen LogP contribution in [-0.4, -0.2) is 30.6 Å². The molecule has 19 heavy (non-hydrogen) atoms. The second-order valence-electron chi connectivity index (χ2n) is 5.58. The molecule has 2 unspecified atom stereocenters. The van der Waals surface area contributed by atoms with Gasteiger partial charge in [-0.15, -0.1) is 12.4 Å². The van der Waals surface area contributed by atoms with E-state index in [1.165, 1.54) is 7.11 Å². The highest BCUT2D eigenvalue weighted by atomic mass is 35.5. The highest BCUT2D eigenvalue weighted by Gasteiger charge is 2.32. The standard InChI is InChI=1S/C13H24N2O3.ClH/c1-13(2,12(17)18-3)15-11(16)8-9-6-4-5-7-10(9)14;/h9-10H,4-8,14H2,1-3H3,(H,15,16);1H. The Balaban J connectivity index is 0.00000324. The van der Waals surface area contributed by atoms with Crippen LogP contribution in [0, 0.1) is 5.92 Å². The van der Waals surface area contributed by atoms with E-state index >= 15 is 0 Å². The molecule has 0 radical (unpaired) electrons. The largest absolute Gasteiger partial charge is 0.467 e. The van der Waals surface area contributed by atoms with E-state index in [1.807, 2.05) is 0 Å². The Morgan fingerprint density at radius 2 is 1.89 bits per heavy atom. The summed E-state index contributed by atoms with van der Waals surface area (Å²) in [6.07, 6.45) is 4.64. The first-order chi connectivity index (χ1) is 8.36. The molecule has 0 heterocycles. The van der Waals surface area contributed by atoms with Crippen molar-refractivity contribution in [2.75, 3.05) is 7.11 Å². The lowest BCUT2D eigenvalue weighted by molar-refractivity contribution is -0.149. The van der Waals surface area contributed by atoms with Gasteiger partial charge in [-0.2, -0.15) is 0 Å². The third-order valence-electron chi connectivity index (χ3n) is 3.56. The predicted octanol–water partition coefficient (Wildman–Crippen LogP) is 1.38. The second-order valence-corrected chi connectivity index (χ2v) is 5.58. The van der Waals surface area contributed by atoms with Gasteiger partial charge < -0.3 is 15.8 Å². The molecule has 3 N–H and O–H groups in total. The van der Waals surface area contributed by atoms with Crippen LogP contribution >= 0.6 is 12.4 Å². The van der Waals surface area contributed by atoms with Crippen molar-refractivity contribution >= 4 is 24.3 Å². The van der Waals surface area contributed by atoms with Gasteiger partial charge in [0.2, 0.25) is 5.91 Å². The summed E-state index contributed by atoms with van der Waals surface area (Å²) >= 11 is 0. The number of nitrogens with one attached hydrogen (secondary N) is 1. The lowest BCUT2D eigenvalue weighted by Crippen LogP contribution is -2.51. The van der Waals surface area contributed by atoms with E-state index < -0.39 is 11.5 Å². The Labute approximate surface area is 121 Å². The number of ether oxygens (including phenoxy) is 1. The minimum absolute atomic E-state index is 0. The summed E-state index contributed by atoms with van der Waals surface area (Å²) in [7, 11) is 1.31. The Bertz CT molecular complexity index is 321. The molecule has 0 aromatic rings. The summed E-state index contributed by atoms with van der Waals surface area (Å²) in [6, 6.07) is 0.103. The average Bonchev–Trinajstić information content (AvgIpc) is 2.30. The van der Waals surface area contributed by atoms with Crippen molar-refractivity contribution in [2.45, 2.75) is 57.5 Å². The Morgan fingerprint density at radius 1 is 1.32 bits per heavy atom. The number of halogens is 1. The van der Waals surface area contributed by atoms with Gasteiger partial charge >= 0.3 is 5.97 Å². The first-order valence-corrected chi connectivity index (χ1v) is 6.52. The topological polar surface area (TPSA) is 81.4 Å². The van der Waals surface area contributed by atoms with Crippen LogP contribution in [0.4, 0.5) is 0 Å². The maximum absolute atomic E-state index is 11.9. The number of nitrogens with two attached hydrogens (primary N) is 1. The average molecular weight is 293 g/mol. The van der Waals surface area contributed by atoms with E-state index in [0.717, 1.165) is 25.7 Å². The zero-order chi connectivity index (χ0) is 13.8. The molecular weight excluding hydrogens is 268 g/mol. The normalized spacial score (nSPS) is 23.2. The van der Waals surface area contributed by atoms with Gasteiger partial charge in [-0.1, -0.05) is 12.8 Å². The molecule has 6 heteroatoms. The van der Waals surface area contributed by atoms with Crippen molar-refractivity contribution in [3.05, 3.63) is 0 Å².